The third kappa shape index (κ3) is 6.99. The maximum Gasteiger partial charge on any atom is 0.214 e. The molecule has 0 saturated heterocycles. The van der Waals surface area contributed by atoms with E-state index in [0.29, 0.717) is 53.5 Å². The number of nitrogens with two attached hydrogens (primary N) is 1. The molecule has 0 unspecified atom stereocenters. The van der Waals surface area contributed by atoms with Crippen molar-refractivity contribution in [3.05, 3.63) is 64.1 Å². The van der Waals surface area contributed by atoms with Gasteiger partial charge in [0.05, 0.1) is 11.6 Å². The lowest BCUT2D eigenvalue weighted by Crippen LogP contribution is -2.26. The highest BCUT2D eigenvalue weighted by Crippen LogP contribution is 2.30. The number of rotatable bonds is 10. The number of anilines is 1. The summed E-state index contributed by atoms with van der Waals surface area (Å²) in [5.41, 5.74) is 7.92. The van der Waals surface area contributed by atoms with E-state index < -0.39 is 5.41 Å². The molecule has 1 heterocycles. The molecule has 1 aromatic carbocycles. The first-order valence-corrected chi connectivity index (χ1v) is 11.0. The van der Waals surface area contributed by atoms with E-state index >= 15 is 0 Å². The zero-order valence-electron chi connectivity index (χ0n) is 18.5. The Kier molecular flexibility index (Phi) is 8.91. The molecule has 1 amide bonds. The van der Waals surface area contributed by atoms with Crippen LogP contribution in [0.5, 0.6) is 0 Å². The first kappa shape index (κ1) is 24.7. The first-order valence-electron chi connectivity index (χ1n) is 10.1. The lowest BCUT2D eigenvalue weighted by atomic mass is 9.87. The van der Waals surface area contributed by atoms with Gasteiger partial charge < -0.3 is 20.8 Å². The van der Waals surface area contributed by atoms with Crippen molar-refractivity contribution in [2.24, 2.45) is 5.41 Å². The number of benzene rings is 1. The van der Waals surface area contributed by atoms with Crippen molar-refractivity contribution in [1.82, 2.24) is 14.9 Å². The van der Waals surface area contributed by atoms with Crippen LogP contribution in [0.2, 0.25) is 0 Å². The molecule has 168 valence electrons. The number of amides is 1. The van der Waals surface area contributed by atoms with E-state index in [1.165, 1.54) is 4.90 Å². The van der Waals surface area contributed by atoms with Crippen molar-refractivity contribution < 1.29 is 15.0 Å². The Balaban J connectivity index is 2.33. The van der Waals surface area contributed by atoms with Gasteiger partial charge in [-0.15, -0.1) is 11.4 Å². The molecule has 2 rings (SSSR count). The monoisotopic (exact) mass is 444 g/mol. The van der Waals surface area contributed by atoms with Crippen LogP contribution in [0, 0.1) is 12.3 Å². The topological polar surface area (TPSA) is 113 Å². The number of carbonyl (C=O) groups is 1. The molecule has 1 aromatic heterocycles. The number of nitrogens with zero attached hydrogens (tertiary/aromatic N) is 3. The summed E-state index contributed by atoms with van der Waals surface area (Å²) in [5, 5.41) is 20.8. The second-order valence-corrected chi connectivity index (χ2v) is 9.24. The zero-order chi connectivity index (χ0) is 23.0. The van der Waals surface area contributed by atoms with E-state index in [1.54, 1.807) is 20.0 Å². The van der Waals surface area contributed by atoms with Gasteiger partial charge in [-0.3, -0.25) is 4.79 Å². The smallest absolute Gasteiger partial charge is 0.214 e. The van der Waals surface area contributed by atoms with E-state index in [9.17, 15) is 15.0 Å². The molecule has 0 atom stereocenters. The average Bonchev–Trinajstić information content (AvgIpc) is 2.73. The van der Waals surface area contributed by atoms with E-state index in [4.69, 9.17) is 5.73 Å². The highest BCUT2D eigenvalue weighted by atomic mass is 32.1. The molecule has 4 N–H and O–H groups in total. The van der Waals surface area contributed by atoms with E-state index in [2.05, 4.69) is 9.97 Å². The Bertz CT molecular complexity index is 959. The molecular formula is C23H32N4O3S. The molecule has 0 spiro atoms. The lowest BCUT2D eigenvalue weighted by Gasteiger charge is -2.26. The number of hydrogen-bond acceptors (Lipinski definition) is 5. The van der Waals surface area contributed by atoms with E-state index in [-0.39, 0.29) is 18.2 Å². The predicted octanol–water partition coefficient (Wildman–Crippen LogP) is 3.36. The first-order chi connectivity index (χ1) is 14.7. The van der Waals surface area contributed by atoms with Crippen molar-refractivity contribution in [2.45, 2.75) is 47.1 Å². The number of aliphatic hydroxyl groups excluding tert-OH is 2. The van der Waals surface area contributed by atoms with Gasteiger partial charge >= 0.3 is 0 Å². The number of hydrogen-bond donors (Lipinski definition) is 4. The van der Waals surface area contributed by atoms with Crippen LogP contribution in [-0.4, -0.2) is 43.1 Å². The summed E-state index contributed by atoms with van der Waals surface area (Å²) in [6.07, 6.45) is 3.33. The predicted molar refractivity (Wildman–Crippen MR) is 128 cm³/mol. The number of nitrogen functional groups attached to an aromatic ring is 1. The summed E-state index contributed by atoms with van der Waals surface area (Å²) >= 11 is 0.581. The fourth-order valence-electron chi connectivity index (χ4n) is 3.11. The number of aromatic nitrogens is 2. The van der Waals surface area contributed by atoms with Gasteiger partial charge in [0.2, 0.25) is 6.41 Å². The van der Waals surface area contributed by atoms with Crippen LogP contribution >= 0.6 is 11.4 Å². The van der Waals surface area contributed by atoms with Crippen LogP contribution in [0.15, 0.2) is 47.1 Å². The summed E-state index contributed by atoms with van der Waals surface area (Å²) in [6.45, 7) is 7.63. The number of thiol groups is 1. The summed E-state index contributed by atoms with van der Waals surface area (Å²) in [6, 6.07) is 9.98. The van der Waals surface area contributed by atoms with Gasteiger partial charge in [-0.1, -0.05) is 44.2 Å². The van der Waals surface area contributed by atoms with Gasteiger partial charge in [0.25, 0.3) is 0 Å². The minimum Gasteiger partial charge on any atom is -0.396 e. The Labute approximate surface area is 187 Å². The van der Waals surface area contributed by atoms with Gasteiger partial charge in [-0.05, 0) is 30.7 Å². The fourth-order valence-corrected chi connectivity index (χ4v) is 4.25. The number of aliphatic hydroxyl groups is 2. The molecule has 7 nitrogen and oxygen atoms in total. The number of allylic oxidation sites excluding steroid dienone is 1. The lowest BCUT2D eigenvalue weighted by molar-refractivity contribution is -0.116. The second-order valence-electron chi connectivity index (χ2n) is 8.05. The highest BCUT2D eigenvalue weighted by Gasteiger charge is 2.24. The third-order valence-corrected chi connectivity index (χ3v) is 6.65. The van der Waals surface area contributed by atoms with Gasteiger partial charge in [0.15, 0.2) is 0 Å². The molecule has 31 heavy (non-hydrogen) atoms. The summed E-state index contributed by atoms with van der Waals surface area (Å²) in [7, 11) is 0. The quantitative estimate of drug-likeness (QED) is 0.254. The molecule has 0 bridgehead atoms. The third-order valence-electron chi connectivity index (χ3n) is 5.02. The van der Waals surface area contributed by atoms with Gasteiger partial charge in [0, 0.05) is 35.9 Å². The maximum absolute atomic E-state index is 11.8. The van der Waals surface area contributed by atoms with Crippen LogP contribution < -0.4 is 5.73 Å². The normalized spacial score (nSPS) is 13.3. The fraction of sp³-hybridized carbons (Fsp3) is 0.391. The van der Waals surface area contributed by atoms with Crippen molar-refractivity contribution in [3.8, 4) is 0 Å². The molecule has 0 radical (unpaired) electrons. The molecule has 0 aliphatic heterocycles. The summed E-state index contributed by atoms with van der Waals surface area (Å²) in [4.78, 5) is 22.4. The molecule has 0 fully saturated rings. The van der Waals surface area contributed by atoms with Crippen molar-refractivity contribution in [2.75, 3.05) is 12.3 Å². The molecular weight excluding hydrogens is 412 g/mol. The Morgan fingerprint density at radius 2 is 1.97 bits per heavy atom. The molecule has 0 aliphatic carbocycles. The summed E-state index contributed by atoms with van der Waals surface area (Å²) in [5.74, 6) is 0.887. The van der Waals surface area contributed by atoms with Crippen LogP contribution in [0.25, 0.3) is 0 Å². The van der Waals surface area contributed by atoms with E-state index in [1.807, 2.05) is 44.2 Å². The van der Waals surface area contributed by atoms with Gasteiger partial charge in [0.1, 0.15) is 11.6 Å². The van der Waals surface area contributed by atoms with Gasteiger partial charge in [-0.25, -0.2) is 9.97 Å². The van der Waals surface area contributed by atoms with Crippen LogP contribution in [0.1, 0.15) is 44.1 Å². The minimum atomic E-state index is -0.481. The largest absolute Gasteiger partial charge is 0.396 e. The van der Waals surface area contributed by atoms with Crippen LogP contribution in [-0.2, 0) is 17.8 Å². The van der Waals surface area contributed by atoms with Crippen LogP contribution in [0.4, 0.5) is 5.82 Å². The number of carbonyl (C=O) groups excluding carboxylic acids is 1. The van der Waals surface area contributed by atoms with Gasteiger partial charge in [-0.2, -0.15) is 0 Å². The standard InChI is InChI=1S/C23H32N4O3S/c1-16(27(15-29)14-19-13-25-17(2)26-21(19)24)20(10-11-28)31-22(30)23(3,4)12-18-8-6-5-7-9-18/h5-9,13,15,28,30-31H,10-12,14H2,1-4H3,(H2,24,25,26)/b20-16-. The van der Waals surface area contributed by atoms with Crippen LogP contribution in [0.3, 0.4) is 0 Å². The maximum atomic E-state index is 11.8. The SMILES string of the molecule is C/C(=C(CCO)/[SH]=C(\O)C(C)(C)Cc1ccccc1)N(C=O)Cc1cnc(C)nc1N. The van der Waals surface area contributed by atoms with Crippen molar-refractivity contribution in [3.63, 3.8) is 0 Å². The van der Waals surface area contributed by atoms with Crippen molar-refractivity contribution >= 4 is 28.6 Å². The molecule has 8 heteroatoms. The Hall–Kier alpha value is -2.55. The van der Waals surface area contributed by atoms with E-state index in [0.717, 1.165) is 10.5 Å². The second kappa shape index (κ2) is 11.2. The molecule has 2 aromatic rings. The van der Waals surface area contributed by atoms with Crippen molar-refractivity contribution in [1.29, 1.82) is 0 Å². The Morgan fingerprint density at radius 1 is 1.29 bits per heavy atom. The molecule has 0 saturated carbocycles. The molecule has 0 aliphatic rings. The zero-order valence-corrected chi connectivity index (χ0v) is 19.4. The summed E-state index contributed by atoms with van der Waals surface area (Å²) < 4.78 is 0. The minimum absolute atomic E-state index is 0.0887. The number of aryl methyl sites for hydroxylation is 1. The average molecular weight is 445 g/mol. The highest BCUT2D eigenvalue weighted by molar-refractivity contribution is 8.02. The Morgan fingerprint density at radius 3 is 2.55 bits per heavy atom.